The first-order valence-corrected chi connectivity index (χ1v) is 5.83. The first kappa shape index (κ1) is 14.6. The Labute approximate surface area is 114 Å². The molecule has 98 valence electrons. The molecule has 2 amide bonds. The van der Waals surface area contributed by atoms with Gasteiger partial charge in [-0.1, -0.05) is 23.2 Å². The molecule has 0 unspecified atom stereocenters. The second-order valence-corrected chi connectivity index (χ2v) is 4.16. The number of nitrogens with one attached hydrogen (secondary N) is 2. The minimum Gasteiger partial charge on any atom is -0.482 e. The van der Waals surface area contributed by atoms with Crippen LogP contribution in [0.15, 0.2) is 18.2 Å². The molecule has 1 rings (SSSR count). The van der Waals surface area contributed by atoms with Crippen molar-refractivity contribution in [2.24, 2.45) is 0 Å². The molecule has 0 saturated heterocycles. The second kappa shape index (κ2) is 7.08. The van der Waals surface area contributed by atoms with Crippen molar-refractivity contribution in [1.82, 2.24) is 10.6 Å². The number of halogens is 2. The summed E-state index contributed by atoms with van der Waals surface area (Å²) in [5.74, 6) is -0.391. The van der Waals surface area contributed by atoms with Gasteiger partial charge in [0, 0.05) is 18.1 Å². The average molecular weight is 291 g/mol. The van der Waals surface area contributed by atoms with Gasteiger partial charge in [0.25, 0.3) is 5.91 Å². The van der Waals surface area contributed by atoms with Crippen molar-refractivity contribution in [2.75, 3.05) is 20.2 Å². The molecule has 0 radical (unpaired) electrons. The van der Waals surface area contributed by atoms with Gasteiger partial charge < -0.3 is 15.4 Å². The van der Waals surface area contributed by atoms with Gasteiger partial charge in [0.15, 0.2) is 6.61 Å². The first-order valence-electron chi connectivity index (χ1n) is 5.08. The van der Waals surface area contributed by atoms with Crippen molar-refractivity contribution < 1.29 is 14.3 Å². The molecule has 0 saturated carbocycles. The fraction of sp³-hybridized carbons (Fsp3) is 0.273. The van der Waals surface area contributed by atoms with Crippen LogP contribution in [0, 0.1) is 0 Å². The summed E-state index contributed by atoms with van der Waals surface area (Å²) in [6, 6.07) is 4.69. The summed E-state index contributed by atoms with van der Waals surface area (Å²) in [4.78, 5) is 22.2. The maximum absolute atomic E-state index is 11.3. The molecule has 1 aromatic rings. The van der Waals surface area contributed by atoms with Crippen LogP contribution in [0.3, 0.4) is 0 Å². The van der Waals surface area contributed by atoms with Gasteiger partial charge in [-0.25, -0.2) is 0 Å². The Hall–Kier alpha value is -1.46. The van der Waals surface area contributed by atoms with Crippen molar-refractivity contribution in [3.8, 4) is 5.75 Å². The van der Waals surface area contributed by atoms with Crippen molar-refractivity contribution in [3.05, 3.63) is 28.2 Å². The molecule has 0 aliphatic carbocycles. The van der Waals surface area contributed by atoms with Crippen LogP contribution in [-0.2, 0) is 9.59 Å². The average Bonchev–Trinajstić information content (AvgIpc) is 2.36. The number of carbonyl (C=O) groups is 2. The normalized spacial score (nSPS) is 9.72. The number of carbonyl (C=O) groups excluding carboxylic acids is 2. The van der Waals surface area contributed by atoms with E-state index < -0.39 is 5.91 Å². The number of hydrogen-bond donors (Lipinski definition) is 2. The molecule has 0 aromatic heterocycles. The lowest BCUT2D eigenvalue weighted by molar-refractivity contribution is -0.127. The molecular weight excluding hydrogens is 279 g/mol. The molecule has 0 atom stereocenters. The van der Waals surface area contributed by atoms with Crippen molar-refractivity contribution in [1.29, 1.82) is 0 Å². The van der Waals surface area contributed by atoms with Crippen LogP contribution in [0.25, 0.3) is 0 Å². The molecular formula is C11H12Cl2N2O3. The van der Waals surface area contributed by atoms with Gasteiger partial charge in [0.05, 0.1) is 11.6 Å². The Morgan fingerprint density at radius 1 is 1.28 bits per heavy atom. The fourth-order valence-corrected chi connectivity index (χ4v) is 1.38. The van der Waals surface area contributed by atoms with Gasteiger partial charge in [-0.15, -0.1) is 0 Å². The molecule has 1 aromatic carbocycles. The van der Waals surface area contributed by atoms with Crippen LogP contribution in [-0.4, -0.2) is 32.0 Å². The van der Waals surface area contributed by atoms with E-state index in [9.17, 15) is 9.59 Å². The Morgan fingerprint density at radius 3 is 2.67 bits per heavy atom. The highest BCUT2D eigenvalue weighted by atomic mass is 35.5. The zero-order valence-corrected chi connectivity index (χ0v) is 11.1. The van der Waals surface area contributed by atoms with Crippen molar-refractivity contribution in [3.63, 3.8) is 0 Å². The topological polar surface area (TPSA) is 67.4 Å². The third-order valence-corrected chi connectivity index (χ3v) is 2.52. The lowest BCUT2D eigenvalue weighted by Gasteiger charge is -2.08. The summed E-state index contributed by atoms with van der Waals surface area (Å²) in [5.41, 5.74) is 0. The summed E-state index contributed by atoms with van der Waals surface area (Å²) in [6.45, 7) is -0.334. The van der Waals surface area contributed by atoms with Gasteiger partial charge in [-0.2, -0.15) is 0 Å². The molecule has 0 aliphatic rings. The van der Waals surface area contributed by atoms with Crippen LogP contribution in [0.2, 0.25) is 10.0 Å². The van der Waals surface area contributed by atoms with E-state index in [4.69, 9.17) is 27.9 Å². The number of amides is 2. The van der Waals surface area contributed by atoms with Crippen LogP contribution in [0.1, 0.15) is 0 Å². The number of ether oxygens (including phenoxy) is 1. The van der Waals surface area contributed by atoms with E-state index in [2.05, 4.69) is 10.6 Å². The summed E-state index contributed by atoms with van der Waals surface area (Å²) in [6.07, 6.45) is 0. The van der Waals surface area contributed by atoms with E-state index in [0.717, 1.165) is 0 Å². The largest absolute Gasteiger partial charge is 0.482 e. The molecule has 5 nitrogen and oxygen atoms in total. The zero-order valence-electron chi connectivity index (χ0n) is 9.63. The molecule has 0 aliphatic heterocycles. The van der Waals surface area contributed by atoms with Crippen LogP contribution >= 0.6 is 23.2 Å². The van der Waals surface area contributed by atoms with Crippen LogP contribution < -0.4 is 15.4 Å². The quantitative estimate of drug-likeness (QED) is 0.857. The smallest absolute Gasteiger partial charge is 0.258 e. The maximum atomic E-state index is 11.3. The summed E-state index contributed by atoms with van der Waals surface area (Å²) in [7, 11) is 1.48. The van der Waals surface area contributed by atoms with E-state index >= 15 is 0 Å². The van der Waals surface area contributed by atoms with Crippen molar-refractivity contribution >= 4 is 35.0 Å². The second-order valence-electron chi connectivity index (χ2n) is 3.31. The van der Waals surface area contributed by atoms with Crippen molar-refractivity contribution in [2.45, 2.75) is 0 Å². The fourth-order valence-electron chi connectivity index (χ4n) is 1.05. The number of hydrogen-bond acceptors (Lipinski definition) is 3. The molecule has 0 fully saturated rings. The highest BCUT2D eigenvalue weighted by molar-refractivity contribution is 6.34. The predicted molar refractivity (Wildman–Crippen MR) is 69.0 cm³/mol. The molecule has 0 heterocycles. The third kappa shape index (κ3) is 4.81. The monoisotopic (exact) mass is 290 g/mol. The number of benzene rings is 1. The summed E-state index contributed by atoms with van der Waals surface area (Å²) < 4.78 is 5.19. The predicted octanol–water partition coefficient (Wildman–Crippen LogP) is 1.23. The third-order valence-electron chi connectivity index (χ3n) is 1.98. The molecule has 7 heteroatoms. The standard InChI is InChI=1S/C11H12Cl2N2O3/c1-14-10(16)5-15-11(17)6-18-9-4-7(12)2-3-8(9)13/h2-4H,5-6H2,1H3,(H,14,16)(H,15,17). The Balaban J connectivity index is 2.42. The molecule has 0 bridgehead atoms. The summed E-state index contributed by atoms with van der Waals surface area (Å²) in [5, 5.41) is 5.58. The molecule has 2 N–H and O–H groups in total. The van der Waals surface area contributed by atoms with Gasteiger partial charge in [0.2, 0.25) is 5.91 Å². The lowest BCUT2D eigenvalue weighted by Crippen LogP contribution is -2.37. The van der Waals surface area contributed by atoms with E-state index in [0.29, 0.717) is 15.8 Å². The number of rotatable bonds is 5. The van der Waals surface area contributed by atoms with Gasteiger partial charge in [0.1, 0.15) is 5.75 Å². The SMILES string of the molecule is CNC(=O)CNC(=O)COc1cc(Cl)ccc1Cl. The van der Waals surface area contributed by atoms with Crippen LogP contribution in [0.4, 0.5) is 0 Å². The number of likely N-dealkylation sites (N-methyl/N-ethyl adjacent to an activating group) is 1. The minimum atomic E-state index is -0.422. The first-order chi connectivity index (χ1) is 8.52. The molecule has 18 heavy (non-hydrogen) atoms. The maximum Gasteiger partial charge on any atom is 0.258 e. The van der Waals surface area contributed by atoms with E-state index in [-0.39, 0.29) is 19.1 Å². The Bertz CT molecular complexity index is 452. The van der Waals surface area contributed by atoms with E-state index in [1.165, 1.54) is 13.1 Å². The zero-order chi connectivity index (χ0) is 13.5. The lowest BCUT2D eigenvalue weighted by atomic mass is 10.3. The van der Waals surface area contributed by atoms with Gasteiger partial charge >= 0.3 is 0 Å². The van der Waals surface area contributed by atoms with E-state index in [1.807, 2.05) is 0 Å². The van der Waals surface area contributed by atoms with Crippen LogP contribution in [0.5, 0.6) is 5.75 Å². The summed E-state index contributed by atoms with van der Waals surface area (Å²) >= 11 is 11.6. The highest BCUT2D eigenvalue weighted by Crippen LogP contribution is 2.27. The molecule has 0 spiro atoms. The van der Waals surface area contributed by atoms with Gasteiger partial charge in [-0.3, -0.25) is 9.59 Å². The van der Waals surface area contributed by atoms with Gasteiger partial charge in [-0.05, 0) is 12.1 Å². The Kier molecular flexibility index (Phi) is 5.74. The van der Waals surface area contributed by atoms with E-state index in [1.54, 1.807) is 12.1 Å². The highest BCUT2D eigenvalue weighted by Gasteiger charge is 2.07. The Morgan fingerprint density at radius 2 is 2.00 bits per heavy atom. The minimum absolute atomic E-state index is 0.0953.